The van der Waals surface area contributed by atoms with Crippen LogP contribution in [0.25, 0.3) is 6.08 Å². The highest BCUT2D eigenvalue weighted by Crippen LogP contribution is 2.37. The lowest BCUT2D eigenvalue weighted by Crippen LogP contribution is -2.40. The molecule has 0 aliphatic carbocycles. The van der Waals surface area contributed by atoms with Gasteiger partial charge in [0.1, 0.15) is 6.54 Å². The molecule has 0 atom stereocenters. The molecule has 4 rings (SSSR count). The standard InChI is InChI=1S/C23H21N3O5S2/c1-15-4-7-17(8-5-15)32-19-9-6-16(12-18(19)26(30)31)13-20-22(28)25(23(29)33-20)14-21(27)24-10-2-3-11-24/h4-9,12-13H,2-3,10-11,14H2,1H3. The second-order valence-corrected chi connectivity index (χ2v) is 9.86. The number of nitrogens with zero attached hydrogens (tertiary/aromatic N) is 3. The summed E-state index contributed by atoms with van der Waals surface area (Å²) < 4.78 is 0. The van der Waals surface area contributed by atoms with Gasteiger partial charge in [0.25, 0.3) is 16.8 Å². The van der Waals surface area contributed by atoms with Gasteiger partial charge in [-0.3, -0.25) is 29.4 Å². The number of nitro benzene ring substituents is 1. The summed E-state index contributed by atoms with van der Waals surface area (Å²) in [5, 5.41) is 11.2. The molecule has 3 amide bonds. The number of hydrogen-bond acceptors (Lipinski definition) is 7. The molecule has 0 N–H and O–H groups in total. The molecule has 2 fully saturated rings. The fraction of sp³-hybridized carbons (Fsp3) is 0.261. The molecular weight excluding hydrogens is 462 g/mol. The second kappa shape index (κ2) is 9.80. The monoisotopic (exact) mass is 483 g/mol. The summed E-state index contributed by atoms with van der Waals surface area (Å²) in [7, 11) is 0. The van der Waals surface area contributed by atoms with Gasteiger partial charge in [-0.05, 0) is 61.4 Å². The molecule has 2 aromatic carbocycles. The molecule has 2 saturated heterocycles. The Morgan fingerprint density at radius 1 is 1.15 bits per heavy atom. The van der Waals surface area contributed by atoms with Gasteiger partial charge in [-0.15, -0.1) is 0 Å². The van der Waals surface area contributed by atoms with Gasteiger partial charge >= 0.3 is 0 Å². The summed E-state index contributed by atoms with van der Waals surface area (Å²) in [4.78, 5) is 52.7. The fourth-order valence-electron chi connectivity index (χ4n) is 3.58. The third-order valence-electron chi connectivity index (χ3n) is 5.35. The summed E-state index contributed by atoms with van der Waals surface area (Å²) in [5.74, 6) is -0.803. The number of carbonyl (C=O) groups is 3. The third kappa shape index (κ3) is 5.28. The lowest BCUT2D eigenvalue weighted by Gasteiger charge is -2.18. The minimum atomic E-state index is -0.557. The Balaban J connectivity index is 1.53. The van der Waals surface area contributed by atoms with Crippen LogP contribution in [0.3, 0.4) is 0 Å². The average Bonchev–Trinajstić information content (AvgIpc) is 3.41. The van der Waals surface area contributed by atoms with Crippen molar-refractivity contribution in [3.63, 3.8) is 0 Å². The van der Waals surface area contributed by atoms with Gasteiger partial charge in [-0.1, -0.05) is 35.5 Å². The molecule has 2 aliphatic heterocycles. The number of benzene rings is 2. The van der Waals surface area contributed by atoms with Crippen LogP contribution in [0, 0.1) is 17.0 Å². The normalized spacial score (nSPS) is 17.3. The van der Waals surface area contributed by atoms with Crippen LogP contribution in [-0.2, 0) is 9.59 Å². The van der Waals surface area contributed by atoms with Crippen LogP contribution in [0.5, 0.6) is 0 Å². The number of amides is 3. The van der Waals surface area contributed by atoms with Crippen LogP contribution in [0.4, 0.5) is 10.5 Å². The zero-order valence-corrected chi connectivity index (χ0v) is 19.5. The number of nitro groups is 1. The first kappa shape index (κ1) is 23.1. The number of aryl methyl sites for hydroxylation is 1. The van der Waals surface area contributed by atoms with E-state index in [1.807, 2.05) is 31.2 Å². The van der Waals surface area contributed by atoms with Crippen LogP contribution >= 0.6 is 23.5 Å². The maximum absolute atomic E-state index is 12.7. The van der Waals surface area contributed by atoms with Gasteiger partial charge in [0.15, 0.2) is 0 Å². The number of hydrogen-bond donors (Lipinski definition) is 0. The molecule has 0 unspecified atom stereocenters. The molecule has 170 valence electrons. The van der Waals surface area contributed by atoms with E-state index in [4.69, 9.17) is 0 Å². The first-order valence-corrected chi connectivity index (χ1v) is 12.0. The van der Waals surface area contributed by atoms with Crippen molar-refractivity contribution in [2.75, 3.05) is 19.6 Å². The predicted molar refractivity (Wildman–Crippen MR) is 127 cm³/mol. The zero-order valence-electron chi connectivity index (χ0n) is 17.9. The molecule has 0 bridgehead atoms. The first-order valence-electron chi connectivity index (χ1n) is 10.4. The van der Waals surface area contributed by atoms with E-state index in [2.05, 4.69) is 0 Å². The van der Waals surface area contributed by atoms with E-state index in [1.54, 1.807) is 17.0 Å². The highest BCUT2D eigenvalue weighted by atomic mass is 32.2. The van der Waals surface area contributed by atoms with Gasteiger partial charge in [-0.25, -0.2) is 0 Å². The lowest BCUT2D eigenvalue weighted by molar-refractivity contribution is -0.387. The summed E-state index contributed by atoms with van der Waals surface area (Å²) in [6.07, 6.45) is 3.30. The molecule has 8 nitrogen and oxygen atoms in total. The van der Waals surface area contributed by atoms with Gasteiger partial charge in [0.05, 0.1) is 14.7 Å². The van der Waals surface area contributed by atoms with Crippen LogP contribution in [0.15, 0.2) is 57.2 Å². The topological polar surface area (TPSA) is 101 Å². The van der Waals surface area contributed by atoms with Crippen molar-refractivity contribution in [3.05, 3.63) is 68.6 Å². The van der Waals surface area contributed by atoms with Crippen LogP contribution < -0.4 is 0 Å². The highest BCUT2D eigenvalue weighted by molar-refractivity contribution is 8.18. The van der Waals surface area contributed by atoms with E-state index in [0.29, 0.717) is 23.5 Å². The molecule has 2 aromatic rings. The summed E-state index contributed by atoms with van der Waals surface area (Å²) in [6.45, 7) is 2.97. The Morgan fingerprint density at radius 2 is 1.85 bits per heavy atom. The van der Waals surface area contributed by atoms with Crippen molar-refractivity contribution in [2.45, 2.75) is 29.6 Å². The van der Waals surface area contributed by atoms with E-state index in [9.17, 15) is 24.5 Å². The molecule has 10 heteroatoms. The van der Waals surface area contributed by atoms with E-state index in [-0.39, 0.29) is 23.0 Å². The summed E-state index contributed by atoms with van der Waals surface area (Å²) in [6, 6.07) is 12.4. The van der Waals surface area contributed by atoms with Crippen molar-refractivity contribution in [2.24, 2.45) is 0 Å². The maximum Gasteiger partial charge on any atom is 0.294 e. The highest BCUT2D eigenvalue weighted by Gasteiger charge is 2.37. The first-order chi connectivity index (χ1) is 15.8. The number of likely N-dealkylation sites (tertiary alicyclic amines) is 1. The second-order valence-electron chi connectivity index (χ2n) is 7.76. The minimum Gasteiger partial charge on any atom is -0.341 e. The summed E-state index contributed by atoms with van der Waals surface area (Å²) >= 11 is 2.02. The van der Waals surface area contributed by atoms with E-state index < -0.39 is 16.1 Å². The fourth-order valence-corrected chi connectivity index (χ4v) is 5.31. The molecule has 33 heavy (non-hydrogen) atoms. The van der Waals surface area contributed by atoms with Crippen LogP contribution in [0.1, 0.15) is 24.0 Å². The van der Waals surface area contributed by atoms with E-state index >= 15 is 0 Å². The lowest BCUT2D eigenvalue weighted by atomic mass is 10.2. The van der Waals surface area contributed by atoms with Crippen molar-refractivity contribution < 1.29 is 19.3 Å². The van der Waals surface area contributed by atoms with Gasteiger partial charge in [0, 0.05) is 24.1 Å². The van der Waals surface area contributed by atoms with Gasteiger partial charge < -0.3 is 4.90 Å². The molecule has 0 saturated carbocycles. The maximum atomic E-state index is 12.7. The Bertz CT molecular complexity index is 1160. The van der Waals surface area contributed by atoms with Crippen LogP contribution in [-0.4, -0.2) is 51.4 Å². The van der Waals surface area contributed by atoms with Crippen LogP contribution in [0.2, 0.25) is 0 Å². The Kier molecular flexibility index (Phi) is 6.85. The number of carbonyl (C=O) groups excluding carboxylic acids is 3. The van der Waals surface area contributed by atoms with Crippen molar-refractivity contribution >= 4 is 52.3 Å². The minimum absolute atomic E-state index is 0.0854. The summed E-state index contributed by atoms with van der Waals surface area (Å²) in [5.41, 5.74) is 1.45. The number of imide groups is 1. The molecule has 0 radical (unpaired) electrons. The van der Waals surface area contributed by atoms with E-state index in [0.717, 1.165) is 40.0 Å². The largest absolute Gasteiger partial charge is 0.341 e. The Labute approximate surface area is 199 Å². The van der Waals surface area contributed by atoms with Gasteiger partial charge in [-0.2, -0.15) is 0 Å². The third-order valence-corrected chi connectivity index (χ3v) is 7.33. The van der Waals surface area contributed by atoms with E-state index in [1.165, 1.54) is 23.9 Å². The zero-order chi connectivity index (χ0) is 23.5. The van der Waals surface area contributed by atoms with Crippen molar-refractivity contribution in [1.82, 2.24) is 9.80 Å². The molecular formula is C23H21N3O5S2. The molecule has 2 heterocycles. The Morgan fingerprint density at radius 3 is 2.52 bits per heavy atom. The molecule has 0 aromatic heterocycles. The number of rotatable bonds is 6. The SMILES string of the molecule is Cc1ccc(Sc2ccc(C=C3SC(=O)N(CC(=O)N4CCCC4)C3=O)cc2[N+](=O)[O-])cc1. The quantitative estimate of drug-likeness (QED) is 0.333. The van der Waals surface area contributed by atoms with Crippen molar-refractivity contribution in [1.29, 1.82) is 0 Å². The smallest absolute Gasteiger partial charge is 0.294 e. The molecule has 0 spiro atoms. The average molecular weight is 484 g/mol. The van der Waals surface area contributed by atoms with Gasteiger partial charge in [0.2, 0.25) is 5.91 Å². The predicted octanol–water partition coefficient (Wildman–Crippen LogP) is 4.71. The molecule has 2 aliphatic rings. The van der Waals surface area contributed by atoms with Crippen molar-refractivity contribution in [3.8, 4) is 0 Å². The Hall–Kier alpha value is -3.11. The number of thioether (sulfide) groups is 1.